The van der Waals surface area contributed by atoms with E-state index in [1.807, 2.05) is 13.8 Å². The number of carbonyl (C=O) groups is 1. The zero-order valence-electron chi connectivity index (χ0n) is 9.32. The fraction of sp³-hybridized carbons (Fsp3) is 0.333. The number of hydrogen-bond acceptors (Lipinski definition) is 3. The monoisotopic (exact) mass is 218 g/mol. The maximum absolute atomic E-state index is 11.0. The summed E-state index contributed by atoms with van der Waals surface area (Å²) in [4.78, 5) is 14.9. The summed E-state index contributed by atoms with van der Waals surface area (Å²) in [6, 6.07) is 3.07. The number of rotatable bonds is 4. The van der Waals surface area contributed by atoms with Gasteiger partial charge in [-0.25, -0.2) is 9.78 Å². The van der Waals surface area contributed by atoms with E-state index in [1.165, 1.54) is 12.3 Å². The molecule has 0 aromatic carbocycles. The largest absolute Gasteiger partial charge is 0.478 e. The molecule has 1 rings (SSSR count). The Hall–Kier alpha value is -2.02. The summed E-state index contributed by atoms with van der Waals surface area (Å²) in [7, 11) is 0. The SMILES string of the molecule is C#CC(C)(CC)Nc1ncccc1C(=O)O. The van der Waals surface area contributed by atoms with Gasteiger partial charge in [-0.3, -0.25) is 0 Å². The number of terminal acetylenes is 1. The lowest BCUT2D eigenvalue weighted by Gasteiger charge is -2.24. The number of carboxylic acid groups (broad SMARTS) is 1. The van der Waals surface area contributed by atoms with Crippen LogP contribution in [-0.2, 0) is 0 Å². The number of nitrogens with one attached hydrogen (secondary N) is 1. The van der Waals surface area contributed by atoms with E-state index in [9.17, 15) is 4.79 Å². The van der Waals surface area contributed by atoms with Crippen LogP contribution < -0.4 is 5.32 Å². The predicted molar refractivity (Wildman–Crippen MR) is 62.3 cm³/mol. The molecule has 0 amide bonds. The number of nitrogens with zero attached hydrogens (tertiary/aromatic N) is 1. The van der Waals surface area contributed by atoms with Crippen molar-refractivity contribution in [3.8, 4) is 12.3 Å². The maximum atomic E-state index is 11.0. The molecule has 0 bridgehead atoms. The van der Waals surface area contributed by atoms with Gasteiger partial charge < -0.3 is 10.4 Å². The second kappa shape index (κ2) is 4.67. The molecule has 0 aliphatic carbocycles. The smallest absolute Gasteiger partial charge is 0.339 e. The van der Waals surface area contributed by atoms with Gasteiger partial charge in [0.05, 0.1) is 5.54 Å². The van der Waals surface area contributed by atoms with Crippen LogP contribution in [0.3, 0.4) is 0 Å². The van der Waals surface area contributed by atoms with Crippen molar-refractivity contribution < 1.29 is 9.90 Å². The minimum absolute atomic E-state index is 0.123. The molecule has 1 atom stereocenters. The van der Waals surface area contributed by atoms with Gasteiger partial charge in [0.1, 0.15) is 11.4 Å². The summed E-state index contributed by atoms with van der Waals surface area (Å²) in [5.41, 5.74) is -0.462. The lowest BCUT2D eigenvalue weighted by Crippen LogP contribution is -2.33. The second-order valence-electron chi connectivity index (χ2n) is 3.66. The summed E-state index contributed by atoms with van der Waals surface area (Å²) in [6.07, 6.45) is 7.61. The van der Waals surface area contributed by atoms with E-state index in [-0.39, 0.29) is 5.56 Å². The van der Waals surface area contributed by atoms with Crippen LogP contribution in [0.1, 0.15) is 30.6 Å². The van der Waals surface area contributed by atoms with Gasteiger partial charge in [-0.15, -0.1) is 6.42 Å². The number of anilines is 1. The molecule has 1 aromatic heterocycles. The van der Waals surface area contributed by atoms with E-state index in [0.29, 0.717) is 12.2 Å². The highest BCUT2D eigenvalue weighted by Crippen LogP contribution is 2.19. The molecule has 0 aliphatic heterocycles. The van der Waals surface area contributed by atoms with Crippen LogP contribution in [0, 0.1) is 12.3 Å². The molecule has 0 saturated heterocycles. The number of aromatic nitrogens is 1. The van der Waals surface area contributed by atoms with E-state index >= 15 is 0 Å². The third-order valence-corrected chi connectivity index (χ3v) is 2.46. The maximum Gasteiger partial charge on any atom is 0.339 e. The third-order valence-electron chi connectivity index (χ3n) is 2.46. The Bertz CT molecular complexity index is 437. The van der Waals surface area contributed by atoms with Gasteiger partial charge in [0.15, 0.2) is 0 Å². The number of pyridine rings is 1. The van der Waals surface area contributed by atoms with Crippen molar-refractivity contribution >= 4 is 11.8 Å². The van der Waals surface area contributed by atoms with Crippen LogP contribution in [0.4, 0.5) is 5.82 Å². The molecule has 0 radical (unpaired) electrons. The molecule has 0 fully saturated rings. The minimum Gasteiger partial charge on any atom is -0.478 e. The lowest BCUT2D eigenvalue weighted by atomic mass is 10.00. The van der Waals surface area contributed by atoms with Crippen molar-refractivity contribution in [3.05, 3.63) is 23.9 Å². The minimum atomic E-state index is -1.02. The first kappa shape index (κ1) is 12.1. The molecule has 2 N–H and O–H groups in total. The van der Waals surface area contributed by atoms with Crippen molar-refractivity contribution in [1.29, 1.82) is 0 Å². The first-order chi connectivity index (χ1) is 7.52. The van der Waals surface area contributed by atoms with Crippen molar-refractivity contribution in [3.63, 3.8) is 0 Å². The van der Waals surface area contributed by atoms with Crippen molar-refractivity contribution in [2.45, 2.75) is 25.8 Å². The van der Waals surface area contributed by atoms with Gasteiger partial charge >= 0.3 is 5.97 Å². The fourth-order valence-corrected chi connectivity index (χ4v) is 1.17. The van der Waals surface area contributed by atoms with Gasteiger partial charge in [-0.2, -0.15) is 0 Å². The quantitative estimate of drug-likeness (QED) is 0.759. The number of carboxylic acids is 1. The Balaban J connectivity index is 3.07. The normalized spacial score (nSPS) is 13.6. The Morgan fingerprint density at radius 3 is 2.94 bits per heavy atom. The van der Waals surface area contributed by atoms with Crippen LogP contribution in [0.5, 0.6) is 0 Å². The van der Waals surface area contributed by atoms with E-state index in [0.717, 1.165) is 0 Å². The molecular formula is C12H14N2O2. The van der Waals surface area contributed by atoms with E-state index < -0.39 is 11.5 Å². The highest BCUT2D eigenvalue weighted by Gasteiger charge is 2.21. The molecule has 1 heterocycles. The molecule has 0 aliphatic rings. The zero-order chi connectivity index (χ0) is 12.2. The molecular weight excluding hydrogens is 204 g/mol. The molecule has 16 heavy (non-hydrogen) atoms. The standard InChI is InChI=1S/C12H14N2O2/c1-4-12(3,5-2)14-10-9(11(15)16)7-6-8-13-10/h1,6-8H,5H2,2-3H3,(H,13,14)(H,15,16). The van der Waals surface area contributed by atoms with Gasteiger partial charge in [-0.1, -0.05) is 12.8 Å². The van der Waals surface area contributed by atoms with Gasteiger partial charge in [0.25, 0.3) is 0 Å². The lowest BCUT2D eigenvalue weighted by molar-refractivity contribution is 0.0697. The molecule has 1 unspecified atom stereocenters. The van der Waals surface area contributed by atoms with E-state index in [4.69, 9.17) is 11.5 Å². The topological polar surface area (TPSA) is 62.2 Å². The van der Waals surface area contributed by atoms with Gasteiger partial charge in [0.2, 0.25) is 0 Å². The van der Waals surface area contributed by atoms with Gasteiger partial charge in [0, 0.05) is 6.20 Å². The summed E-state index contributed by atoms with van der Waals surface area (Å²) in [5, 5.41) is 12.0. The Kier molecular flexibility index (Phi) is 3.51. The highest BCUT2D eigenvalue weighted by molar-refractivity contribution is 5.93. The fourth-order valence-electron chi connectivity index (χ4n) is 1.17. The average molecular weight is 218 g/mol. The molecule has 1 aromatic rings. The van der Waals surface area contributed by atoms with Crippen molar-refractivity contribution in [1.82, 2.24) is 4.98 Å². The van der Waals surface area contributed by atoms with Crippen LogP contribution in [0.15, 0.2) is 18.3 Å². The molecule has 4 nitrogen and oxygen atoms in total. The summed E-state index contributed by atoms with van der Waals surface area (Å²) in [6.45, 7) is 3.75. The van der Waals surface area contributed by atoms with Crippen LogP contribution in [0.25, 0.3) is 0 Å². The van der Waals surface area contributed by atoms with Crippen LogP contribution >= 0.6 is 0 Å². The van der Waals surface area contributed by atoms with Crippen LogP contribution in [-0.4, -0.2) is 21.6 Å². The van der Waals surface area contributed by atoms with Gasteiger partial charge in [-0.05, 0) is 25.5 Å². The second-order valence-corrected chi connectivity index (χ2v) is 3.66. The van der Waals surface area contributed by atoms with Crippen molar-refractivity contribution in [2.75, 3.05) is 5.32 Å². The average Bonchev–Trinajstić information content (AvgIpc) is 2.29. The molecule has 0 spiro atoms. The summed E-state index contributed by atoms with van der Waals surface area (Å²) >= 11 is 0. The molecule has 0 saturated carbocycles. The Morgan fingerprint density at radius 2 is 2.44 bits per heavy atom. The first-order valence-corrected chi connectivity index (χ1v) is 4.96. The van der Waals surface area contributed by atoms with E-state index in [1.54, 1.807) is 6.07 Å². The third kappa shape index (κ3) is 2.51. The molecule has 84 valence electrons. The Morgan fingerprint density at radius 1 is 1.75 bits per heavy atom. The van der Waals surface area contributed by atoms with Crippen LogP contribution in [0.2, 0.25) is 0 Å². The van der Waals surface area contributed by atoms with Crippen molar-refractivity contribution in [2.24, 2.45) is 0 Å². The highest BCUT2D eigenvalue weighted by atomic mass is 16.4. The first-order valence-electron chi connectivity index (χ1n) is 4.96. The summed E-state index contributed by atoms with van der Waals surface area (Å²) in [5.74, 6) is 1.88. The predicted octanol–water partition coefficient (Wildman–Crippen LogP) is 1.99. The Labute approximate surface area is 94.7 Å². The number of hydrogen-bond donors (Lipinski definition) is 2. The molecule has 4 heteroatoms. The zero-order valence-corrected chi connectivity index (χ0v) is 9.32. The van der Waals surface area contributed by atoms with E-state index in [2.05, 4.69) is 16.2 Å². The number of aromatic carboxylic acids is 1. The summed E-state index contributed by atoms with van der Waals surface area (Å²) < 4.78 is 0.